The zero-order valence-electron chi connectivity index (χ0n) is 76.5. The summed E-state index contributed by atoms with van der Waals surface area (Å²) in [6, 6.07) is 29.4. The molecule has 12 rings (SSSR count). The Morgan fingerprint density at radius 2 is 0.417 bits per heavy atom. The quantitative estimate of drug-likeness (QED) is 0.0902. The Balaban J connectivity index is 0.000000235. The molecule has 0 bridgehead atoms. The third-order valence-corrected chi connectivity index (χ3v) is 31.1. The van der Waals surface area contributed by atoms with Crippen molar-refractivity contribution in [3.8, 4) is 23.0 Å². The molecule has 9 heteroatoms. The molecule has 4 aliphatic carbocycles. The topological polar surface area (TPSA) is 36.9 Å². The molecule has 614 valence electrons. The van der Waals surface area contributed by atoms with Crippen molar-refractivity contribution in [3.63, 3.8) is 0 Å². The molecule has 4 nitrogen and oxygen atoms in total. The summed E-state index contributed by atoms with van der Waals surface area (Å²) < 4.78 is 24.7. The van der Waals surface area contributed by atoms with Crippen molar-refractivity contribution >= 4 is 79.7 Å². The molecule has 0 amide bonds. The minimum atomic E-state index is -1.69. The van der Waals surface area contributed by atoms with Crippen molar-refractivity contribution in [2.45, 2.75) is 274 Å². The van der Waals surface area contributed by atoms with Crippen molar-refractivity contribution in [3.05, 3.63) is 279 Å². The second kappa shape index (κ2) is 34.2. The molecule has 8 aromatic carbocycles. The number of fused-ring (bicyclic) bond motifs is 4. The van der Waals surface area contributed by atoms with Gasteiger partial charge in [-0.1, -0.05) is 304 Å². The number of allylic oxidation sites excluding steroid dienone is 12. The van der Waals surface area contributed by atoms with Crippen LogP contribution >= 0.6 is 17.0 Å². The number of benzene rings is 4. The number of hydrogen-bond acceptors (Lipinski definition) is 4. The van der Waals surface area contributed by atoms with Gasteiger partial charge in [-0.3, -0.25) is 0 Å². The Morgan fingerprint density at radius 1 is 0.270 bits per heavy atom. The number of methoxy groups -OCH3 is 4. The van der Waals surface area contributed by atoms with Crippen molar-refractivity contribution in [1.29, 1.82) is 0 Å². The number of halogens is 2. The number of aryl methyl sites for hydroxylation is 4. The van der Waals surface area contributed by atoms with E-state index in [2.05, 4.69) is 377 Å². The summed E-state index contributed by atoms with van der Waals surface area (Å²) in [4.78, 5) is 0. The first-order valence-corrected chi connectivity index (χ1v) is 52.8. The molecule has 0 heterocycles. The van der Waals surface area contributed by atoms with Crippen LogP contribution in [0.4, 0.5) is 0 Å². The van der Waals surface area contributed by atoms with Gasteiger partial charge in [-0.2, -0.15) is 68.8 Å². The summed E-state index contributed by atoms with van der Waals surface area (Å²) in [5.41, 5.74) is 32.0. The summed E-state index contributed by atoms with van der Waals surface area (Å²) in [7, 11) is 13.8. The molecule has 0 N–H and O–H groups in total. The predicted molar refractivity (Wildman–Crippen MR) is 505 cm³/mol. The Morgan fingerprint density at radius 3 is 0.548 bits per heavy atom. The molecule has 0 saturated heterocycles. The second-order valence-corrected chi connectivity index (χ2v) is 50.4. The van der Waals surface area contributed by atoms with Crippen LogP contribution in [0.1, 0.15) is 323 Å². The summed E-state index contributed by atoms with van der Waals surface area (Å²) in [6.45, 7) is 69.8. The summed E-state index contributed by atoms with van der Waals surface area (Å²) in [6.07, 6.45) is 37.3. The Bertz CT molecular complexity index is 4400. The predicted octanol–water partition coefficient (Wildman–Crippen LogP) is 26.1. The van der Waals surface area contributed by atoms with Gasteiger partial charge in [0.2, 0.25) is 0 Å². The number of rotatable bonds is 12. The van der Waals surface area contributed by atoms with E-state index in [1.54, 1.807) is 20.7 Å². The fourth-order valence-corrected chi connectivity index (χ4v) is 25.5. The molecule has 8 aromatic rings. The van der Waals surface area contributed by atoms with Gasteiger partial charge in [0.25, 0.3) is 0 Å². The molecule has 0 saturated carbocycles. The summed E-state index contributed by atoms with van der Waals surface area (Å²) >= 11 is -0.826. The summed E-state index contributed by atoms with van der Waals surface area (Å²) in [5.74, 6) is 4.70. The van der Waals surface area contributed by atoms with Crippen LogP contribution in [0.15, 0.2) is 146 Å². The fraction of sp³-hybridized carbons (Fsp3) is 0.434. The van der Waals surface area contributed by atoms with Crippen LogP contribution in [-0.4, -0.2) is 46.0 Å². The van der Waals surface area contributed by atoms with E-state index in [1.165, 1.54) is 134 Å². The Labute approximate surface area is 718 Å². The zero-order chi connectivity index (χ0) is 85.3. The van der Waals surface area contributed by atoms with Gasteiger partial charge >= 0.3 is 37.9 Å². The van der Waals surface area contributed by atoms with Gasteiger partial charge in [0, 0.05) is 62.1 Å². The van der Waals surface area contributed by atoms with E-state index in [4.69, 9.17) is 36.0 Å². The van der Waals surface area contributed by atoms with Gasteiger partial charge in [-0.05, 0) is 89.2 Å². The Hall–Kier alpha value is -6.70. The zero-order valence-corrected chi connectivity index (χ0v) is 82.8. The second-order valence-electron chi connectivity index (χ2n) is 41.4. The molecule has 0 spiro atoms. The van der Waals surface area contributed by atoms with E-state index in [9.17, 15) is 0 Å². The third-order valence-electron chi connectivity index (χ3n) is 24.5. The van der Waals surface area contributed by atoms with Gasteiger partial charge in [-0.15, -0.1) is 91.6 Å². The molecule has 0 fully saturated rings. The Kier molecular flexibility index (Phi) is 26.9. The average molecular weight is 1690 g/mol. The average Bonchev–Trinajstić information content (AvgIpc) is 1.62. The van der Waals surface area contributed by atoms with E-state index in [0.29, 0.717) is 0 Å². The number of hydrogen-bond donors (Lipinski definition) is 0. The molecule has 4 atom stereocenters. The molecular weight excluding hydrogens is 1560 g/mol. The first kappa shape index (κ1) is 90.6. The molecule has 4 aliphatic rings. The van der Waals surface area contributed by atoms with Gasteiger partial charge in [0.05, 0.1) is 28.4 Å². The normalized spacial score (nSPS) is 17.4. The first-order valence-electron chi connectivity index (χ1n) is 41.9. The minimum absolute atomic E-state index is 0.0623. The van der Waals surface area contributed by atoms with Gasteiger partial charge in [0.1, 0.15) is 23.0 Å². The van der Waals surface area contributed by atoms with Crippen molar-refractivity contribution < 1.29 is 39.8 Å². The first-order chi connectivity index (χ1) is 53.4. The molecule has 0 aromatic heterocycles. The van der Waals surface area contributed by atoms with Crippen LogP contribution < -0.4 is 39.7 Å². The molecule has 0 radical (unpaired) electrons. The molecule has 115 heavy (non-hydrogen) atoms. The maximum absolute atomic E-state index is 6.17. The van der Waals surface area contributed by atoms with Gasteiger partial charge < -0.3 is 18.9 Å². The van der Waals surface area contributed by atoms with Crippen LogP contribution in [0.25, 0.3) is 24.3 Å². The maximum atomic E-state index is 6.17. The fourth-order valence-electron chi connectivity index (χ4n) is 18.9. The molecule has 4 unspecified atom stereocenters. The van der Waals surface area contributed by atoms with Gasteiger partial charge in [0.15, 0.2) is 0 Å². The summed E-state index contributed by atoms with van der Waals surface area (Å²) in [5, 5.41) is 6.27. The van der Waals surface area contributed by atoms with E-state index in [-0.39, 0.29) is 67.0 Å². The third kappa shape index (κ3) is 18.5. The van der Waals surface area contributed by atoms with Gasteiger partial charge in [-0.25, -0.2) is 0 Å². The van der Waals surface area contributed by atoms with E-state index < -0.39 is 38.4 Å². The van der Waals surface area contributed by atoms with Crippen LogP contribution in [0.5, 0.6) is 23.0 Å². The van der Waals surface area contributed by atoms with Crippen molar-refractivity contribution in [2.75, 3.05) is 28.4 Å². The van der Waals surface area contributed by atoms with Crippen molar-refractivity contribution in [2.24, 2.45) is 0 Å². The van der Waals surface area contributed by atoms with Crippen LogP contribution in [0, 0.1) is 27.7 Å². The number of ether oxygens (including phenoxy) is 4. The van der Waals surface area contributed by atoms with E-state index in [0.717, 1.165) is 23.0 Å². The molecular formula is C106H136Cl2O4Si2Zr-4. The van der Waals surface area contributed by atoms with Crippen molar-refractivity contribution in [1.82, 2.24) is 0 Å². The molecule has 0 aliphatic heterocycles. The van der Waals surface area contributed by atoms with E-state index >= 15 is 0 Å². The van der Waals surface area contributed by atoms with E-state index in [1.807, 2.05) is 28.4 Å². The standard InChI is InChI=1S/2C53H68O2Si.2ClH.Zr/c2*1-32-26-40-36(34-28-42(50(3,4)5)46(54-15)43(29-34)51(6,7)8)22-18-20-24-38(40)48(32)56(17)49-33(2)27-41-37(23-19-21-25-39(41)49)35-30-44(52(9,10)11)47(55-16)45(31-35)53(12,13)14;;;/h2*18-31,36-37,56H,1-17H3;2*1H;/q2*-2;;;+2/p-2. The monoisotopic (exact) mass is 1690 g/mol. The van der Waals surface area contributed by atoms with Crippen LogP contribution in [-0.2, 0) is 64.2 Å². The van der Waals surface area contributed by atoms with Crippen LogP contribution in [0.3, 0.4) is 0 Å². The van der Waals surface area contributed by atoms with Crippen LogP contribution in [0.2, 0.25) is 13.1 Å². The SMILES string of the molecule is COc1c(C(C)(C)C)cc(C2C=CC=Cc3c2cc(C)[c-]3[SiH](C)[c-]2c(C)cc3c2C=CC=CC3c2cc(C(C)(C)C)c(OC)c(C(C)(C)C)c2)cc1C(C)(C)C.COc1c(C(C)(C)C)cc(C2C=CC=Cc3c2cc(C)[c-]3[SiH](C)[c-]2c(C)cc3c2C=CC=CC3c2cc(C(C)(C)C)c(OC)c(C(C)(C)C)c2)cc1C(C)(C)C.[Cl][Zr][Cl].